The standard InChI is InChI=1S/C32H36N4O9/c1-5-42-26-15-21(30-29(31(39)41-4)19(3)34-32(40)35-30)12-14-25(26)44-17-27(37)36-33-16-23-22-10-8-7-9-20(22)11-13-24(23)45-18-28(38)43-6-2/h7-16,27,30,36-37H,5-6,17-18H2,1-4H3,(H2,34,35,40)/b33-16+/t27-,30-/m0/s1. The predicted octanol–water partition coefficient (Wildman–Crippen LogP) is 3.30. The number of nitrogens with zero attached hydrogens (tertiary/aromatic N) is 1. The van der Waals surface area contributed by atoms with Crippen molar-refractivity contribution in [3.05, 3.63) is 77.0 Å². The number of aliphatic hydroxyl groups excluding tert-OH is 1. The van der Waals surface area contributed by atoms with Gasteiger partial charge in [0.1, 0.15) is 12.4 Å². The van der Waals surface area contributed by atoms with Crippen LogP contribution < -0.4 is 30.3 Å². The third-order valence-corrected chi connectivity index (χ3v) is 6.67. The first-order chi connectivity index (χ1) is 21.7. The highest BCUT2D eigenvalue weighted by atomic mass is 16.6. The SMILES string of the molecule is CCOC(=O)COc1ccc2ccccc2c1/C=N/N[C@@H](O)COc1ccc([C@@H]2NC(=O)NC(C)=C2C(=O)OC)cc1OCC. The molecule has 1 aliphatic heterocycles. The van der Waals surface area contributed by atoms with Crippen LogP contribution in [0.15, 0.2) is 71.0 Å². The number of hydrogen-bond acceptors (Lipinski definition) is 11. The molecule has 4 rings (SSSR count). The van der Waals surface area contributed by atoms with E-state index in [0.29, 0.717) is 40.7 Å². The quantitative estimate of drug-likeness (QED) is 0.0909. The summed E-state index contributed by atoms with van der Waals surface area (Å²) in [5.74, 6) is 0.0212. The molecular formula is C32H36N4O9. The van der Waals surface area contributed by atoms with Gasteiger partial charge >= 0.3 is 18.0 Å². The van der Waals surface area contributed by atoms with Gasteiger partial charge in [0.2, 0.25) is 0 Å². The van der Waals surface area contributed by atoms with Crippen LogP contribution >= 0.6 is 0 Å². The average molecular weight is 621 g/mol. The number of carbonyl (C=O) groups is 3. The normalized spacial score (nSPS) is 15.2. The van der Waals surface area contributed by atoms with E-state index in [-0.39, 0.29) is 25.4 Å². The van der Waals surface area contributed by atoms with Gasteiger partial charge in [-0.05, 0) is 55.3 Å². The van der Waals surface area contributed by atoms with Gasteiger partial charge in [0.25, 0.3) is 0 Å². The minimum absolute atomic E-state index is 0.199. The maximum atomic E-state index is 12.5. The topological polar surface area (TPSA) is 166 Å². The highest BCUT2D eigenvalue weighted by molar-refractivity contribution is 6.02. The number of benzene rings is 3. The van der Waals surface area contributed by atoms with E-state index in [1.54, 1.807) is 45.0 Å². The zero-order chi connectivity index (χ0) is 32.3. The van der Waals surface area contributed by atoms with Gasteiger partial charge in [-0.2, -0.15) is 5.10 Å². The van der Waals surface area contributed by atoms with Gasteiger partial charge in [0.15, 0.2) is 24.3 Å². The number of urea groups is 1. The molecule has 45 heavy (non-hydrogen) atoms. The molecule has 0 aliphatic carbocycles. The summed E-state index contributed by atoms with van der Waals surface area (Å²) in [5.41, 5.74) is 4.44. The summed E-state index contributed by atoms with van der Waals surface area (Å²) < 4.78 is 27.2. The van der Waals surface area contributed by atoms with Crippen molar-refractivity contribution in [1.82, 2.24) is 16.1 Å². The van der Waals surface area contributed by atoms with Crippen LogP contribution in [0.4, 0.5) is 4.79 Å². The van der Waals surface area contributed by atoms with Crippen LogP contribution in [-0.4, -0.2) is 69.1 Å². The summed E-state index contributed by atoms with van der Waals surface area (Å²) in [6.45, 7) is 5.24. The van der Waals surface area contributed by atoms with E-state index in [1.807, 2.05) is 30.3 Å². The van der Waals surface area contributed by atoms with Crippen molar-refractivity contribution < 1.29 is 43.2 Å². The number of hydrogen-bond donors (Lipinski definition) is 4. The fourth-order valence-electron chi connectivity index (χ4n) is 4.68. The zero-order valence-corrected chi connectivity index (χ0v) is 25.4. The minimum Gasteiger partial charge on any atom is -0.490 e. The highest BCUT2D eigenvalue weighted by Crippen LogP contribution is 2.35. The Morgan fingerprint density at radius 1 is 1.02 bits per heavy atom. The molecule has 0 fully saturated rings. The molecule has 238 valence electrons. The molecule has 0 unspecified atom stereocenters. The highest BCUT2D eigenvalue weighted by Gasteiger charge is 2.32. The summed E-state index contributed by atoms with van der Waals surface area (Å²) in [6.07, 6.45) is 0.281. The molecule has 0 aromatic heterocycles. The monoisotopic (exact) mass is 620 g/mol. The van der Waals surface area contributed by atoms with Crippen molar-refractivity contribution in [1.29, 1.82) is 0 Å². The fraction of sp³-hybridized carbons (Fsp3) is 0.312. The Morgan fingerprint density at radius 3 is 2.56 bits per heavy atom. The van der Waals surface area contributed by atoms with Crippen LogP contribution in [0.3, 0.4) is 0 Å². The predicted molar refractivity (Wildman–Crippen MR) is 165 cm³/mol. The van der Waals surface area contributed by atoms with E-state index >= 15 is 0 Å². The fourth-order valence-corrected chi connectivity index (χ4v) is 4.68. The lowest BCUT2D eigenvalue weighted by Crippen LogP contribution is -2.45. The maximum Gasteiger partial charge on any atom is 0.344 e. The van der Waals surface area contributed by atoms with Crippen LogP contribution in [0.1, 0.15) is 37.9 Å². The number of rotatable bonds is 14. The molecular weight excluding hydrogens is 584 g/mol. The van der Waals surface area contributed by atoms with Crippen molar-refractivity contribution in [2.24, 2.45) is 5.10 Å². The molecule has 2 atom stereocenters. The Morgan fingerprint density at radius 2 is 1.80 bits per heavy atom. The summed E-state index contributed by atoms with van der Waals surface area (Å²) in [4.78, 5) is 36.5. The smallest absolute Gasteiger partial charge is 0.344 e. The molecule has 4 N–H and O–H groups in total. The molecule has 1 aliphatic rings. The number of aliphatic hydroxyl groups is 1. The van der Waals surface area contributed by atoms with Crippen molar-refractivity contribution in [2.45, 2.75) is 33.0 Å². The Bertz CT molecular complexity index is 1600. The number of ether oxygens (including phenoxy) is 5. The van der Waals surface area contributed by atoms with Crippen LogP contribution in [0.2, 0.25) is 0 Å². The van der Waals surface area contributed by atoms with Crippen LogP contribution in [0.5, 0.6) is 17.2 Å². The van der Waals surface area contributed by atoms with E-state index in [4.69, 9.17) is 23.7 Å². The van der Waals surface area contributed by atoms with Gasteiger partial charge < -0.3 is 39.4 Å². The first kappa shape index (κ1) is 32.6. The van der Waals surface area contributed by atoms with Gasteiger partial charge in [0, 0.05) is 11.3 Å². The first-order valence-corrected chi connectivity index (χ1v) is 14.3. The summed E-state index contributed by atoms with van der Waals surface area (Å²) in [5, 5.41) is 21.8. The molecule has 1 heterocycles. The molecule has 2 amide bonds. The molecule has 13 nitrogen and oxygen atoms in total. The zero-order valence-electron chi connectivity index (χ0n) is 25.4. The van der Waals surface area contributed by atoms with E-state index in [2.05, 4.69) is 21.2 Å². The molecule has 0 radical (unpaired) electrons. The molecule has 3 aromatic rings. The number of methoxy groups -OCH3 is 1. The van der Waals surface area contributed by atoms with Gasteiger partial charge in [-0.15, -0.1) is 0 Å². The second kappa shape index (κ2) is 15.4. The molecule has 0 saturated heterocycles. The van der Waals surface area contributed by atoms with Gasteiger partial charge in [0.05, 0.1) is 38.2 Å². The number of carbonyl (C=O) groups excluding carboxylic acids is 3. The number of nitrogens with one attached hydrogen (secondary N) is 3. The Labute approximate surface area is 260 Å². The Hall–Kier alpha value is -5.30. The van der Waals surface area contributed by atoms with Crippen molar-refractivity contribution in [3.63, 3.8) is 0 Å². The van der Waals surface area contributed by atoms with E-state index in [9.17, 15) is 19.5 Å². The summed E-state index contributed by atoms with van der Waals surface area (Å²) in [7, 11) is 1.27. The van der Waals surface area contributed by atoms with Crippen LogP contribution in [0.25, 0.3) is 10.8 Å². The summed E-state index contributed by atoms with van der Waals surface area (Å²) >= 11 is 0. The van der Waals surface area contributed by atoms with Gasteiger partial charge in [-0.3, -0.25) is 5.43 Å². The van der Waals surface area contributed by atoms with Crippen LogP contribution in [-0.2, 0) is 19.1 Å². The lowest BCUT2D eigenvalue weighted by atomic mass is 9.95. The first-order valence-electron chi connectivity index (χ1n) is 14.3. The Kier molecular flexibility index (Phi) is 11.2. The van der Waals surface area contributed by atoms with E-state index in [0.717, 1.165) is 10.8 Å². The van der Waals surface area contributed by atoms with E-state index < -0.39 is 30.2 Å². The van der Waals surface area contributed by atoms with Crippen LogP contribution in [0, 0.1) is 0 Å². The van der Waals surface area contributed by atoms with Gasteiger partial charge in [-0.25, -0.2) is 14.4 Å². The number of hydrazone groups is 1. The molecule has 13 heteroatoms. The number of esters is 2. The lowest BCUT2D eigenvalue weighted by molar-refractivity contribution is -0.145. The Balaban J connectivity index is 1.46. The van der Waals surface area contributed by atoms with Crippen molar-refractivity contribution in [3.8, 4) is 17.2 Å². The number of allylic oxidation sites excluding steroid dienone is 1. The molecule has 0 spiro atoms. The molecule has 0 saturated carbocycles. The third-order valence-electron chi connectivity index (χ3n) is 6.67. The summed E-state index contributed by atoms with van der Waals surface area (Å²) in [6, 6.07) is 14.9. The second-order valence-electron chi connectivity index (χ2n) is 9.71. The molecule has 3 aromatic carbocycles. The van der Waals surface area contributed by atoms with Crippen molar-refractivity contribution >= 4 is 35.0 Å². The average Bonchev–Trinajstić information content (AvgIpc) is 3.03. The van der Waals surface area contributed by atoms with E-state index in [1.165, 1.54) is 13.3 Å². The van der Waals surface area contributed by atoms with Gasteiger partial charge in [-0.1, -0.05) is 36.4 Å². The third kappa shape index (κ3) is 8.21. The lowest BCUT2D eigenvalue weighted by Gasteiger charge is -2.28. The van der Waals surface area contributed by atoms with Crippen molar-refractivity contribution in [2.75, 3.05) is 33.5 Å². The minimum atomic E-state index is -1.21. The molecule has 0 bridgehead atoms. The second-order valence-corrected chi connectivity index (χ2v) is 9.71. The number of fused-ring (bicyclic) bond motifs is 1. The maximum absolute atomic E-state index is 12.5. The number of amides is 2. The largest absolute Gasteiger partial charge is 0.490 e.